The van der Waals surface area contributed by atoms with E-state index in [1.807, 2.05) is 30.3 Å². The molecule has 1 aromatic carbocycles. The Morgan fingerprint density at radius 3 is 2.61 bits per heavy atom. The number of aliphatic hydroxyl groups excluding tert-OH is 1. The quantitative estimate of drug-likeness (QED) is 0.446. The highest BCUT2D eigenvalue weighted by Gasteiger charge is 2.11. The molecule has 0 aliphatic heterocycles. The van der Waals surface area contributed by atoms with E-state index in [0.29, 0.717) is 39.1 Å². The Kier molecular flexibility index (Phi) is 11.1. The van der Waals surface area contributed by atoms with E-state index in [1.165, 1.54) is 7.11 Å². The molecule has 0 aliphatic rings. The van der Waals surface area contributed by atoms with Crippen LogP contribution in [0.4, 0.5) is 0 Å². The molecule has 0 heterocycles. The topological polar surface area (TPSA) is 65.0 Å². The van der Waals surface area contributed by atoms with Gasteiger partial charge in [0.15, 0.2) is 0 Å². The molecule has 5 nitrogen and oxygen atoms in total. The summed E-state index contributed by atoms with van der Waals surface area (Å²) < 4.78 is 16.0. The summed E-state index contributed by atoms with van der Waals surface area (Å²) in [5.74, 6) is -0.228. The summed E-state index contributed by atoms with van der Waals surface area (Å²) in [6, 6.07) is 10.0. The van der Waals surface area contributed by atoms with E-state index in [2.05, 4.69) is 4.74 Å². The van der Waals surface area contributed by atoms with Crippen LogP contribution in [-0.4, -0.2) is 44.1 Å². The van der Waals surface area contributed by atoms with E-state index in [-0.39, 0.29) is 18.7 Å². The molecule has 23 heavy (non-hydrogen) atoms. The number of aliphatic hydroxyl groups is 1. The molecule has 1 unspecified atom stereocenters. The van der Waals surface area contributed by atoms with Gasteiger partial charge < -0.3 is 19.3 Å². The van der Waals surface area contributed by atoms with Crippen LogP contribution in [0, 0.1) is 0 Å². The fourth-order valence-electron chi connectivity index (χ4n) is 2.19. The average molecular weight is 324 g/mol. The van der Waals surface area contributed by atoms with Gasteiger partial charge in [-0.15, -0.1) is 0 Å². The van der Waals surface area contributed by atoms with E-state index in [9.17, 15) is 4.79 Å². The fraction of sp³-hybridized carbons (Fsp3) is 0.611. The molecule has 0 spiro atoms. The number of carbonyl (C=O) groups is 1. The van der Waals surface area contributed by atoms with Crippen LogP contribution in [0.2, 0.25) is 0 Å². The van der Waals surface area contributed by atoms with Gasteiger partial charge in [-0.2, -0.15) is 0 Å². The molecular weight excluding hydrogens is 296 g/mol. The van der Waals surface area contributed by atoms with E-state index >= 15 is 0 Å². The van der Waals surface area contributed by atoms with Gasteiger partial charge in [0.1, 0.15) is 0 Å². The lowest BCUT2D eigenvalue weighted by Crippen LogP contribution is -2.17. The largest absolute Gasteiger partial charge is 0.469 e. The van der Waals surface area contributed by atoms with Crippen LogP contribution >= 0.6 is 0 Å². The molecule has 0 aromatic heterocycles. The zero-order valence-corrected chi connectivity index (χ0v) is 13.9. The van der Waals surface area contributed by atoms with Crippen LogP contribution in [0.3, 0.4) is 0 Å². The van der Waals surface area contributed by atoms with Gasteiger partial charge >= 0.3 is 5.97 Å². The zero-order valence-electron chi connectivity index (χ0n) is 13.9. The van der Waals surface area contributed by atoms with Crippen LogP contribution in [0.15, 0.2) is 30.3 Å². The Balaban J connectivity index is 2.11. The highest BCUT2D eigenvalue weighted by atomic mass is 16.5. The summed E-state index contributed by atoms with van der Waals surface area (Å²) in [4.78, 5) is 11.2. The Morgan fingerprint density at radius 2 is 1.91 bits per heavy atom. The van der Waals surface area contributed by atoms with E-state index < -0.39 is 0 Å². The molecule has 0 amide bonds. The normalized spacial score (nSPS) is 12.1. The third kappa shape index (κ3) is 10.0. The summed E-state index contributed by atoms with van der Waals surface area (Å²) in [5.41, 5.74) is 1.16. The number of rotatable bonds is 13. The van der Waals surface area contributed by atoms with Crippen molar-refractivity contribution in [3.8, 4) is 0 Å². The average Bonchev–Trinajstić information content (AvgIpc) is 2.60. The van der Waals surface area contributed by atoms with Crippen molar-refractivity contribution in [3.63, 3.8) is 0 Å². The van der Waals surface area contributed by atoms with Gasteiger partial charge in [0.2, 0.25) is 0 Å². The molecule has 1 N–H and O–H groups in total. The van der Waals surface area contributed by atoms with Crippen LogP contribution in [0.25, 0.3) is 0 Å². The van der Waals surface area contributed by atoms with Crippen molar-refractivity contribution in [1.29, 1.82) is 0 Å². The van der Waals surface area contributed by atoms with E-state index in [1.54, 1.807) is 0 Å². The molecule has 0 saturated heterocycles. The second-order valence-electron chi connectivity index (χ2n) is 5.37. The number of hydrogen-bond acceptors (Lipinski definition) is 5. The number of hydrogen-bond donors (Lipinski definition) is 1. The standard InChI is InChI=1S/C18H28O5/c1-21-18(20)11-10-17(9-5-12-19)23-14-6-13-22-15-16-7-3-2-4-8-16/h2-4,7-8,17,19H,5-6,9-15H2,1H3. The molecule has 0 bridgehead atoms. The lowest BCUT2D eigenvalue weighted by molar-refractivity contribution is -0.141. The summed E-state index contributed by atoms with van der Waals surface area (Å²) in [6.45, 7) is 1.97. The summed E-state index contributed by atoms with van der Waals surface area (Å²) >= 11 is 0. The minimum atomic E-state index is -0.228. The van der Waals surface area contributed by atoms with E-state index in [4.69, 9.17) is 14.6 Å². The number of ether oxygens (including phenoxy) is 3. The van der Waals surface area contributed by atoms with Gasteiger partial charge in [-0.25, -0.2) is 0 Å². The minimum Gasteiger partial charge on any atom is -0.469 e. The molecule has 1 aromatic rings. The molecule has 1 atom stereocenters. The molecule has 5 heteroatoms. The second kappa shape index (κ2) is 13.0. The van der Waals surface area contributed by atoms with Gasteiger partial charge in [0.25, 0.3) is 0 Å². The maximum absolute atomic E-state index is 11.2. The van der Waals surface area contributed by atoms with Crippen LogP contribution in [0.1, 0.15) is 37.7 Å². The van der Waals surface area contributed by atoms with Crippen molar-refractivity contribution >= 4 is 5.97 Å². The van der Waals surface area contributed by atoms with Crippen molar-refractivity contribution in [3.05, 3.63) is 35.9 Å². The zero-order chi connectivity index (χ0) is 16.8. The third-order valence-corrected chi connectivity index (χ3v) is 3.48. The highest BCUT2D eigenvalue weighted by Crippen LogP contribution is 2.11. The van der Waals surface area contributed by atoms with Crippen molar-refractivity contribution in [2.24, 2.45) is 0 Å². The molecule has 0 aliphatic carbocycles. The Bertz CT molecular complexity index is 407. The van der Waals surface area contributed by atoms with Gasteiger partial charge in [-0.05, 0) is 31.2 Å². The minimum absolute atomic E-state index is 0.0182. The van der Waals surface area contributed by atoms with Crippen molar-refractivity contribution in [2.75, 3.05) is 26.9 Å². The first-order chi connectivity index (χ1) is 11.3. The lowest BCUT2D eigenvalue weighted by atomic mass is 10.1. The fourth-order valence-corrected chi connectivity index (χ4v) is 2.19. The smallest absolute Gasteiger partial charge is 0.305 e. The molecule has 0 saturated carbocycles. The third-order valence-electron chi connectivity index (χ3n) is 3.48. The highest BCUT2D eigenvalue weighted by molar-refractivity contribution is 5.69. The second-order valence-corrected chi connectivity index (χ2v) is 5.37. The molecule has 1 rings (SSSR count). The number of methoxy groups -OCH3 is 1. The Hall–Kier alpha value is -1.43. The van der Waals surface area contributed by atoms with Gasteiger partial charge in [-0.3, -0.25) is 4.79 Å². The first-order valence-corrected chi connectivity index (χ1v) is 8.17. The number of benzene rings is 1. The van der Waals surface area contributed by atoms with E-state index in [0.717, 1.165) is 18.4 Å². The van der Waals surface area contributed by atoms with Crippen molar-refractivity contribution in [1.82, 2.24) is 0 Å². The lowest BCUT2D eigenvalue weighted by Gasteiger charge is -2.17. The Labute approximate surface area is 138 Å². The maximum Gasteiger partial charge on any atom is 0.305 e. The summed E-state index contributed by atoms with van der Waals surface area (Å²) in [6.07, 6.45) is 3.18. The van der Waals surface area contributed by atoms with Crippen molar-refractivity contribution in [2.45, 2.75) is 44.8 Å². The maximum atomic E-state index is 11.2. The van der Waals surface area contributed by atoms with Crippen LogP contribution in [0.5, 0.6) is 0 Å². The molecular formula is C18H28O5. The van der Waals surface area contributed by atoms with Gasteiger partial charge in [0, 0.05) is 26.2 Å². The monoisotopic (exact) mass is 324 g/mol. The number of carbonyl (C=O) groups excluding carboxylic acids is 1. The first kappa shape index (κ1) is 19.6. The SMILES string of the molecule is COC(=O)CCC(CCCO)OCCCOCc1ccccc1. The predicted molar refractivity (Wildman–Crippen MR) is 88.0 cm³/mol. The molecule has 0 fully saturated rings. The molecule has 130 valence electrons. The first-order valence-electron chi connectivity index (χ1n) is 8.17. The van der Waals surface area contributed by atoms with Gasteiger partial charge in [-0.1, -0.05) is 30.3 Å². The molecule has 0 radical (unpaired) electrons. The van der Waals surface area contributed by atoms with Crippen molar-refractivity contribution < 1.29 is 24.1 Å². The predicted octanol–water partition coefficient (Wildman–Crippen LogP) is 2.70. The summed E-state index contributed by atoms with van der Waals surface area (Å²) in [5, 5.41) is 8.92. The van der Waals surface area contributed by atoms with Crippen LogP contribution in [-0.2, 0) is 25.6 Å². The van der Waals surface area contributed by atoms with Gasteiger partial charge in [0.05, 0.1) is 19.8 Å². The Morgan fingerprint density at radius 1 is 1.13 bits per heavy atom. The number of esters is 1. The summed E-state index contributed by atoms with van der Waals surface area (Å²) in [7, 11) is 1.38. The van der Waals surface area contributed by atoms with Crippen LogP contribution < -0.4 is 0 Å².